The number of carbonyl (C=O) groups excluding carboxylic acids is 1. The van der Waals surface area contributed by atoms with E-state index in [1.807, 2.05) is 32.0 Å². The molecule has 0 saturated heterocycles. The predicted molar refractivity (Wildman–Crippen MR) is 106 cm³/mol. The molecule has 5 nitrogen and oxygen atoms in total. The van der Waals surface area contributed by atoms with E-state index in [2.05, 4.69) is 10.2 Å². The Hall–Kier alpha value is -2.32. The molecule has 0 aliphatic carbocycles. The molecule has 9 heteroatoms. The van der Waals surface area contributed by atoms with Crippen molar-refractivity contribution in [1.29, 1.82) is 0 Å². The highest BCUT2D eigenvalue weighted by molar-refractivity contribution is 6.31. The summed E-state index contributed by atoms with van der Waals surface area (Å²) >= 11 is 6.31. The summed E-state index contributed by atoms with van der Waals surface area (Å²) in [7, 11) is 0. The Kier molecular flexibility index (Phi) is 7.87. The van der Waals surface area contributed by atoms with Crippen LogP contribution >= 0.6 is 11.6 Å². The first-order valence-electron chi connectivity index (χ1n) is 9.20. The van der Waals surface area contributed by atoms with Gasteiger partial charge in [0.15, 0.2) is 0 Å². The van der Waals surface area contributed by atoms with E-state index >= 15 is 0 Å². The number of hydrogen-bond acceptors (Lipinski definition) is 3. The molecule has 1 aromatic carbocycles. The Balaban J connectivity index is 2.15. The molecule has 0 saturated carbocycles. The summed E-state index contributed by atoms with van der Waals surface area (Å²) < 4.78 is 39.3. The molecule has 0 fully saturated rings. The highest BCUT2D eigenvalue weighted by Gasteiger charge is 2.31. The largest absolute Gasteiger partial charge is 0.417 e. The van der Waals surface area contributed by atoms with Gasteiger partial charge in [-0.3, -0.25) is 14.5 Å². The molecule has 1 unspecified atom stereocenters. The standard InChI is InChI=1S/C20H23ClF3N3O2/c1-3-26(4-2)17(15-7-5-6-8-16(15)21)11-25-18(28)13-27-12-14(20(22,23)24)9-10-19(27)29/h5-10,12,17H,3-4,11,13H2,1-2H3,(H,25,28). The Morgan fingerprint density at radius 1 is 1.17 bits per heavy atom. The number of carbonyl (C=O) groups is 1. The number of hydrogen-bond donors (Lipinski definition) is 1. The first-order chi connectivity index (χ1) is 13.7. The molecule has 1 aromatic heterocycles. The van der Waals surface area contributed by atoms with Crippen LogP contribution in [0, 0.1) is 0 Å². The molecule has 0 spiro atoms. The minimum Gasteiger partial charge on any atom is -0.353 e. The number of rotatable bonds is 8. The SMILES string of the molecule is CCN(CC)C(CNC(=O)Cn1cc(C(F)(F)F)ccc1=O)c1ccccc1Cl. The van der Waals surface area contributed by atoms with Crippen LogP contribution in [-0.2, 0) is 17.5 Å². The Morgan fingerprint density at radius 2 is 1.83 bits per heavy atom. The van der Waals surface area contributed by atoms with E-state index in [9.17, 15) is 22.8 Å². The summed E-state index contributed by atoms with van der Waals surface area (Å²) in [6.07, 6.45) is -3.94. The maximum Gasteiger partial charge on any atom is 0.417 e. The van der Waals surface area contributed by atoms with Crippen molar-refractivity contribution in [2.24, 2.45) is 0 Å². The van der Waals surface area contributed by atoms with Crippen LogP contribution in [0.15, 0.2) is 47.4 Å². The number of benzene rings is 1. The van der Waals surface area contributed by atoms with Gasteiger partial charge in [-0.25, -0.2) is 0 Å². The fourth-order valence-electron chi connectivity index (χ4n) is 3.09. The second kappa shape index (κ2) is 9.93. The number of likely N-dealkylation sites (N-methyl/N-ethyl adjacent to an activating group) is 1. The Bertz CT molecular complexity index is 895. The molecule has 0 aliphatic rings. The third-order valence-corrected chi connectivity index (χ3v) is 4.98. The molecule has 0 radical (unpaired) electrons. The third-order valence-electron chi connectivity index (χ3n) is 4.63. The molecule has 2 aromatic rings. The average molecular weight is 430 g/mol. The molecule has 1 amide bonds. The van der Waals surface area contributed by atoms with Crippen molar-refractivity contribution in [3.63, 3.8) is 0 Å². The number of nitrogens with one attached hydrogen (secondary N) is 1. The smallest absolute Gasteiger partial charge is 0.353 e. The number of amides is 1. The molecule has 0 bridgehead atoms. The van der Waals surface area contributed by atoms with E-state index in [-0.39, 0.29) is 12.6 Å². The number of nitrogens with zero attached hydrogens (tertiary/aromatic N) is 2. The number of alkyl halides is 3. The van der Waals surface area contributed by atoms with Gasteiger partial charge in [-0.15, -0.1) is 0 Å². The minimum atomic E-state index is -4.59. The van der Waals surface area contributed by atoms with E-state index in [4.69, 9.17) is 11.6 Å². The van der Waals surface area contributed by atoms with E-state index in [0.717, 1.165) is 29.3 Å². The summed E-state index contributed by atoms with van der Waals surface area (Å²) in [6.45, 7) is 5.10. The maximum absolute atomic E-state index is 12.8. The second-order valence-corrected chi connectivity index (χ2v) is 6.85. The Labute approximate surface area is 172 Å². The first kappa shape index (κ1) is 23.0. The van der Waals surface area contributed by atoms with Crippen LogP contribution in [-0.4, -0.2) is 35.0 Å². The zero-order chi connectivity index (χ0) is 21.6. The summed E-state index contributed by atoms with van der Waals surface area (Å²) in [5.41, 5.74) is -0.823. The molecule has 29 heavy (non-hydrogen) atoms. The van der Waals surface area contributed by atoms with Crippen LogP contribution in [0.1, 0.15) is 31.0 Å². The van der Waals surface area contributed by atoms with Crippen molar-refractivity contribution in [3.8, 4) is 0 Å². The lowest BCUT2D eigenvalue weighted by molar-refractivity contribution is -0.138. The van der Waals surface area contributed by atoms with Gasteiger partial charge in [0.2, 0.25) is 5.91 Å². The van der Waals surface area contributed by atoms with Gasteiger partial charge in [0, 0.05) is 23.8 Å². The van der Waals surface area contributed by atoms with Crippen molar-refractivity contribution in [2.45, 2.75) is 32.6 Å². The molecule has 2 rings (SSSR count). The maximum atomic E-state index is 12.8. The van der Waals surface area contributed by atoms with Gasteiger partial charge in [0.1, 0.15) is 6.54 Å². The highest BCUT2D eigenvalue weighted by Crippen LogP contribution is 2.28. The van der Waals surface area contributed by atoms with Crippen LogP contribution in [0.2, 0.25) is 5.02 Å². The van der Waals surface area contributed by atoms with Gasteiger partial charge in [0.05, 0.1) is 11.6 Å². The van der Waals surface area contributed by atoms with Crippen molar-refractivity contribution in [1.82, 2.24) is 14.8 Å². The minimum absolute atomic E-state index is 0.206. The number of pyridine rings is 1. The van der Waals surface area contributed by atoms with E-state index in [1.54, 1.807) is 6.07 Å². The van der Waals surface area contributed by atoms with Crippen LogP contribution in [0.5, 0.6) is 0 Å². The molecule has 0 aliphatic heterocycles. The summed E-state index contributed by atoms with van der Waals surface area (Å²) in [6, 6.07) is 8.58. The second-order valence-electron chi connectivity index (χ2n) is 6.44. The Morgan fingerprint density at radius 3 is 2.41 bits per heavy atom. The van der Waals surface area contributed by atoms with Gasteiger partial charge in [-0.2, -0.15) is 13.2 Å². The molecule has 1 heterocycles. The van der Waals surface area contributed by atoms with Gasteiger partial charge in [0.25, 0.3) is 5.56 Å². The van der Waals surface area contributed by atoms with Crippen LogP contribution < -0.4 is 10.9 Å². The monoisotopic (exact) mass is 429 g/mol. The molecule has 158 valence electrons. The van der Waals surface area contributed by atoms with Gasteiger partial charge >= 0.3 is 6.18 Å². The average Bonchev–Trinajstić information content (AvgIpc) is 2.66. The number of aromatic nitrogens is 1. The predicted octanol–water partition coefficient (Wildman–Crippen LogP) is 3.72. The summed E-state index contributed by atoms with van der Waals surface area (Å²) in [5.74, 6) is -0.560. The normalized spacial score (nSPS) is 12.8. The molecule has 1 N–H and O–H groups in total. The van der Waals surface area contributed by atoms with Gasteiger partial charge < -0.3 is 9.88 Å². The number of halogens is 4. The van der Waals surface area contributed by atoms with Crippen molar-refractivity contribution >= 4 is 17.5 Å². The van der Waals surface area contributed by atoms with Crippen LogP contribution in [0.4, 0.5) is 13.2 Å². The first-order valence-corrected chi connectivity index (χ1v) is 9.58. The molecule has 1 atom stereocenters. The van der Waals surface area contributed by atoms with Gasteiger partial charge in [-0.05, 0) is 30.8 Å². The fourth-order valence-corrected chi connectivity index (χ4v) is 3.35. The van der Waals surface area contributed by atoms with Crippen molar-refractivity contribution in [3.05, 3.63) is 69.1 Å². The van der Waals surface area contributed by atoms with Crippen molar-refractivity contribution in [2.75, 3.05) is 19.6 Å². The van der Waals surface area contributed by atoms with Gasteiger partial charge in [-0.1, -0.05) is 43.6 Å². The topological polar surface area (TPSA) is 54.3 Å². The van der Waals surface area contributed by atoms with Crippen LogP contribution in [0.3, 0.4) is 0 Å². The van der Waals surface area contributed by atoms with E-state index < -0.39 is 29.8 Å². The quantitative estimate of drug-likeness (QED) is 0.695. The van der Waals surface area contributed by atoms with Crippen molar-refractivity contribution < 1.29 is 18.0 Å². The summed E-state index contributed by atoms with van der Waals surface area (Å²) in [5, 5.41) is 3.27. The van der Waals surface area contributed by atoms with E-state index in [0.29, 0.717) is 17.3 Å². The third kappa shape index (κ3) is 6.08. The lowest BCUT2D eigenvalue weighted by atomic mass is 10.0. The molecular weight excluding hydrogens is 407 g/mol. The lowest BCUT2D eigenvalue weighted by Crippen LogP contribution is -2.40. The fraction of sp³-hybridized carbons (Fsp3) is 0.400. The zero-order valence-corrected chi connectivity index (χ0v) is 16.9. The highest BCUT2D eigenvalue weighted by atomic mass is 35.5. The van der Waals surface area contributed by atoms with E-state index in [1.165, 1.54) is 0 Å². The lowest BCUT2D eigenvalue weighted by Gasteiger charge is -2.31. The van der Waals surface area contributed by atoms with Crippen LogP contribution in [0.25, 0.3) is 0 Å². The zero-order valence-electron chi connectivity index (χ0n) is 16.2. The molecular formula is C20H23ClF3N3O2. The summed E-state index contributed by atoms with van der Waals surface area (Å²) in [4.78, 5) is 26.3.